The molecule has 3 aromatic rings. The third-order valence-corrected chi connectivity index (χ3v) is 3.95. The Hall–Kier alpha value is -2.48. The number of fused-ring (bicyclic) bond motifs is 1. The molecule has 0 saturated carbocycles. The van der Waals surface area contributed by atoms with Crippen LogP contribution in [0.4, 0.5) is 5.95 Å². The van der Waals surface area contributed by atoms with E-state index in [1.54, 1.807) is 16.8 Å². The van der Waals surface area contributed by atoms with Gasteiger partial charge < -0.3 is 10.3 Å². The number of anilines is 1. The highest BCUT2D eigenvalue weighted by molar-refractivity contribution is 7.83. The third kappa shape index (κ3) is 3.63. The summed E-state index contributed by atoms with van der Waals surface area (Å²) in [4.78, 5) is 8.62. The summed E-state index contributed by atoms with van der Waals surface area (Å²) in [6.07, 6.45) is 9.68. The number of allylic oxidation sites excluding steroid dienone is 2. The first kappa shape index (κ1) is 17.4. The predicted octanol–water partition coefficient (Wildman–Crippen LogP) is 2.36. The van der Waals surface area contributed by atoms with Gasteiger partial charge in [-0.1, -0.05) is 19.6 Å². The van der Waals surface area contributed by atoms with Gasteiger partial charge in [-0.05, 0) is 24.1 Å². The minimum absolute atomic E-state index is 0.192. The van der Waals surface area contributed by atoms with Gasteiger partial charge in [0.2, 0.25) is 5.95 Å². The molecule has 2 radical (unpaired) electrons. The van der Waals surface area contributed by atoms with Gasteiger partial charge >= 0.3 is 0 Å². The van der Waals surface area contributed by atoms with Gasteiger partial charge in [0, 0.05) is 35.9 Å². The maximum absolute atomic E-state index is 6.07. The number of aromatic nitrogens is 5. The maximum atomic E-state index is 6.07. The van der Waals surface area contributed by atoms with E-state index in [-0.39, 0.29) is 5.95 Å². The lowest BCUT2D eigenvalue weighted by atomic mass is 9.83. The van der Waals surface area contributed by atoms with E-state index in [2.05, 4.69) is 34.3 Å². The second-order valence-electron chi connectivity index (χ2n) is 6.14. The summed E-state index contributed by atoms with van der Waals surface area (Å²) in [5.41, 5.74) is 9.26. The molecule has 3 aromatic heterocycles. The minimum atomic E-state index is -0.720. The lowest BCUT2D eigenvalue weighted by Gasteiger charge is -2.18. The molecule has 1 unspecified atom stereocenters. The quantitative estimate of drug-likeness (QED) is 0.421. The fraction of sp³-hybridized carbons (Fsp3) is 0.235. The largest absolute Gasteiger partial charge is 0.367 e. The van der Waals surface area contributed by atoms with Crippen molar-refractivity contribution in [3.05, 3.63) is 54.4 Å². The number of nitrogen functional groups attached to an aromatic ring is 1. The number of imidazole rings is 1. The molecule has 8 heteroatoms. The van der Waals surface area contributed by atoms with E-state index < -0.39 is 4.65 Å². The van der Waals surface area contributed by atoms with Crippen molar-refractivity contribution in [3.8, 4) is 0 Å². The van der Waals surface area contributed by atoms with E-state index >= 15 is 0 Å². The van der Waals surface area contributed by atoms with Crippen molar-refractivity contribution >= 4 is 43.7 Å². The van der Waals surface area contributed by atoms with Gasteiger partial charge in [0.15, 0.2) is 0 Å². The van der Waals surface area contributed by atoms with Crippen LogP contribution in [-0.2, 0) is 6.42 Å². The second-order valence-corrected chi connectivity index (χ2v) is 7.17. The lowest BCUT2D eigenvalue weighted by Crippen LogP contribution is -2.22. The van der Waals surface area contributed by atoms with Crippen molar-refractivity contribution in [1.82, 2.24) is 24.1 Å². The molecule has 0 spiro atoms. The summed E-state index contributed by atoms with van der Waals surface area (Å²) in [5.74, 6) is 1.07. The van der Waals surface area contributed by atoms with Crippen molar-refractivity contribution < 1.29 is 0 Å². The predicted molar refractivity (Wildman–Crippen MR) is 106 cm³/mol. The van der Waals surface area contributed by atoms with Crippen molar-refractivity contribution in [2.24, 2.45) is 0 Å². The van der Waals surface area contributed by atoms with Gasteiger partial charge in [-0.15, -0.1) is 5.10 Å². The average Bonchev–Trinajstić information content (AvgIpc) is 3.09. The summed E-state index contributed by atoms with van der Waals surface area (Å²) in [6, 6.07) is 1.96. The zero-order chi connectivity index (χ0) is 18.2. The Balaban J connectivity index is 2.21. The molecule has 0 aliphatic carbocycles. The van der Waals surface area contributed by atoms with Crippen LogP contribution in [0.2, 0.25) is 0 Å². The number of rotatable bonds is 5. The zero-order valence-corrected chi connectivity index (χ0v) is 15.1. The second kappa shape index (κ2) is 6.44. The lowest BCUT2D eigenvalue weighted by molar-refractivity contribution is 0.813. The third-order valence-electron chi connectivity index (χ3n) is 3.80. The molecular weight excluding hydrogens is 331 g/mol. The van der Waals surface area contributed by atoms with Crippen LogP contribution in [0.5, 0.6) is 0 Å². The molecule has 0 aliphatic heterocycles. The molecule has 0 bridgehead atoms. The van der Waals surface area contributed by atoms with Crippen LogP contribution in [0.25, 0.3) is 17.3 Å². The fourth-order valence-corrected chi connectivity index (χ4v) is 2.87. The number of nitrogens with two attached hydrogens (primary N) is 1. The molecule has 0 aliphatic rings. The summed E-state index contributed by atoms with van der Waals surface area (Å²) in [5, 5.41) is 4.26. The number of aryl methyl sites for hydroxylation is 1. The fourth-order valence-electron chi connectivity index (χ4n) is 2.72. The van der Waals surface area contributed by atoms with Crippen LogP contribution in [-0.4, -0.2) is 36.6 Å². The molecule has 0 aromatic carbocycles. The first-order valence-electron chi connectivity index (χ1n) is 7.77. The van der Waals surface area contributed by atoms with Gasteiger partial charge in [0.25, 0.3) is 0 Å². The van der Waals surface area contributed by atoms with E-state index in [0.29, 0.717) is 6.42 Å². The summed E-state index contributed by atoms with van der Waals surface area (Å²) in [7, 11) is 6.07. The normalized spacial score (nSPS) is 14.6. The first-order valence-corrected chi connectivity index (χ1v) is 8.22. The molecule has 3 rings (SSSR count). The van der Waals surface area contributed by atoms with Crippen LogP contribution < -0.4 is 5.73 Å². The Labute approximate surface area is 153 Å². The monoisotopic (exact) mass is 350 g/mol. The van der Waals surface area contributed by atoms with Gasteiger partial charge in [-0.2, -0.15) is 12.6 Å². The van der Waals surface area contributed by atoms with Crippen LogP contribution in [0.3, 0.4) is 0 Å². The molecule has 1 atom stereocenters. The van der Waals surface area contributed by atoms with Crippen LogP contribution in [0.1, 0.15) is 24.0 Å². The molecule has 25 heavy (non-hydrogen) atoms. The highest BCUT2D eigenvalue weighted by Crippen LogP contribution is 2.28. The Kier molecular flexibility index (Phi) is 4.47. The maximum Gasteiger partial charge on any atom is 0.238 e. The molecule has 0 amide bonds. The minimum Gasteiger partial charge on any atom is -0.367 e. The molecule has 3 heterocycles. The van der Waals surface area contributed by atoms with E-state index in [1.165, 1.54) is 0 Å². The van der Waals surface area contributed by atoms with E-state index in [0.717, 1.165) is 28.2 Å². The number of thiol groups is 1. The number of nitrogens with zero attached hydrogens (tertiary/aromatic N) is 5. The van der Waals surface area contributed by atoms with Gasteiger partial charge in [0.1, 0.15) is 5.82 Å². The summed E-state index contributed by atoms with van der Waals surface area (Å²) < 4.78 is 2.93. The van der Waals surface area contributed by atoms with E-state index in [4.69, 9.17) is 13.6 Å². The van der Waals surface area contributed by atoms with Crippen LogP contribution in [0.15, 0.2) is 37.3 Å². The van der Waals surface area contributed by atoms with Gasteiger partial charge in [-0.3, -0.25) is 0 Å². The first-order chi connectivity index (χ1) is 11.8. The van der Waals surface area contributed by atoms with E-state index in [1.807, 2.05) is 43.1 Å². The molecule has 2 N–H and O–H groups in total. The average molecular weight is 350 g/mol. The Morgan fingerprint density at radius 2 is 2.24 bits per heavy atom. The Morgan fingerprint density at radius 3 is 2.84 bits per heavy atom. The van der Waals surface area contributed by atoms with Crippen molar-refractivity contribution in [3.63, 3.8) is 0 Å². The van der Waals surface area contributed by atoms with Crippen LogP contribution in [0, 0.1) is 6.92 Å². The zero-order valence-electron chi connectivity index (χ0n) is 14.2. The standard InChI is InChI=1S/C17H19BN6S/c1-4-12(10-23-8-6-20-11(23)2)13-5-7-24-15(13)14(9-17(3,18)25)21-16(19)22-24/h4-8,10,25H,1,9H2,2-3H3,(H2,19,22)/b12-10+. The summed E-state index contributed by atoms with van der Waals surface area (Å²) in [6.45, 7) is 7.70. The Morgan fingerprint density at radius 1 is 1.48 bits per heavy atom. The smallest absolute Gasteiger partial charge is 0.238 e. The Bertz CT molecular complexity index is 963. The summed E-state index contributed by atoms with van der Waals surface area (Å²) >= 11 is 4.42. The number of hydrogen-bond donors (Lipinski definition) is 2. The molecular formula is C17H19BN6S. The molecule has 6 nitrogen and oxygen atoms in total. The van der Waals surface area contributed by atoms with Crippen molar-refractivity contribution in [2.75, 3.05) is 5.73 Å². The van der Waals surface area contributed by atoms with Gasteiger partial charge in [0.05, 0.1) is 19.1 Å². The van der Waals surface area contributed by atoms with Gasteiger partial charge in [-0.25, -0.2) is 14.5 Å². The highest BCUT2D eigenvalue weighted by Gasteiger charge is 2.20. The molecule has 0 fully saturated rings. The van der Waals surface area contributed by atoms with Crippen LogP contribution >= 0.6 is 12.6 Å². The van der Waals surface area contributed by atoms with Crippen molar-refractivity contribution in [2.45, 2.75) is 24.9 Å². The highest BCUT2D eigenvalue weighted by atomic mass is 32.1. The van der Waals surface area contributed by atoms with Crippen molar-refractivity contribution in [1.29, 1.82) is 0 Å². The molecule has 126 valence electrons. The van der Waals surface area contributed by atoms with E-state index in [9.17, 15) is 0 Å². The SMILES string of the molecule is [B]C(C)(S)Cc1nc(N)nn2ccc(/C(C=C)=C/n3ccnc3C)c12. The topological polar surface area (TPSA) is 74.0 Å². The molecule has 0 saturated heterocycles. The number of hydrogen-bond acceptors (Lipinski definition) is 5.